The average Bonchev–Trinajstić information content (AvgIpc) is 2.40. The third kappa shape index (κ3) is 3.21. The van der Waals surface area contributed by atoms with Gasteiger partial charge in [0.1, 0.15) is 5.02 Å². The second kappa shape index (κ2) is 5.94. The van der Waals surface area contributed by atoms with E-state index in [4.69, 9.17) is 27.9 Å². The van der Waals surface area contributed by atoms with Gasteiger partial charge in [-0.05, 0) is 18.2 Å². The van der Waals surface area contributed by atoms with Crippen LogP contribution in [0, 0.1) is 20.2 Å². The maximum Gasteiger partial charge on any atom is 0.329 e. The van der Waals surface area contributed by atoms with E-state index in [1.54, 1.807) is 0 Å². The molecular formula is C12H6Cl2N2O5. The van der Waals surface area contributed by atoms with Crippen LogP contribution in [0.25, 0.3) is 0 Å². The van der Waals surface area contributed by atoms with Crippen LogP contribution in [-0.4, -0.2) is 9.85 Å². The summed E-state index contributed by atoms with van der Waals surface area (Å²) < 4.78 is 5.31. The smallest absolute Gasteiger partial charge is 0.329 e. The van der Waals surface area contributed by atoms with Crippen molar-refractivity contribution in [2.45, 2.75) is 0 Å². The van der Waals surface area contributed by atoms with Gasteiger partial charge in [-0.1, -0.05) is 29.3 Å². The van der Waals surface area contributed by atoms with E-state index < -0.39 is 15.5 Å². The lowest BCUT2D eigenvalue weighted by Gasteiger charge is -2.08. The van der Waals surface area contributed by atoms with Crippen molar-refractivity contribution in [2.75, 3.05) is 0 Å². The molecule has 21 heavy (non-hydrogen) atoms. The molecule has 7 nitrogen and oxygen atoms in total. The van der Waals surface area contributed by atoms with Crippen molar-refractivity contribution in [3.05, 3.63) is 66.7 Å². The van der Waals surface area contributed by atoms with Crippen molar-refractivity contribution in [3.8, 4) is 11.5 Å². The summed E-state index contributed by atoms with van der Waals surface area (Å²) >= 11 is 11.6. The molecule has 0 amide bonds. The summed E-state index contributed by atoms with van der Waals surface area (Å²) in [5.41, 5.74) is -0.694. The molecule has 0 bridgehead atoms. The van der Waals surface area contributed by atoms with Gasteiger partial charge in [-0.15, -0.1) is 0 Å². The molecule has 0 spiro atoms. The van der Waals surface area contributed by atoms with Crippen LogP contribution in [0.2, 0.25) is 10.0 Å². The Kier molecular flexibility index (Phi) is 4.25. The van der Waals surface area contributed by atoms with Crippen LogP contribution >= 0.6 is 23.2 Å². The number of hydrogen-bond donors (Lipinski definition) is 0. The van der Waals surface area contributed by atoms with E-state index in [9.17, 15) is 20.2 Å². The Bertz CT molecular complexity index is 736. The number of non-ortho nitro benzene ring substituents is 1. The van der Waals surface area contributed by atoms with Gasteiger partial charge in [0.25, 0.3) is 5.69 Å². The molecule has 2 aromatic carbocycles. The van der Waals surface area contributed by atoms with Crippen LogP contribution in [0.4, 0.5) is 11.4 Å². The number of rotatable bonds is 4. The van der Waals surface area contributed by atoms with Gasteiger partial charge < -0.3 is 4.74 Å². The molecule has 0 aliphatic rings. The zero-order valence-electron chi connectivity index (χ0n) is 10.2. The number of nitro benzene ring substituents is 2. The topological polar surface area (TPSA) is 95.5 Å². The van der Waals surface area contributed by atoms with E-state index >= 15 is 0 Å². The Balaban J connectivity index is 2.48. The van der Waals surface area contributed by atoms with Crippen LogP contribution in [0.15, 0.2) is 36.4 Å². The quantitative estimate of drug-likeness (QED) is 0.603. The van der Waals surface area contributed by atoms with E-state index in [-0.39, 0.29) is 27.2 Å². The summed E-state index contributed by atoms with van der Waals surface area (Å²) in [5, 5.41) is 21.7. The highest BCUT2D eigenvalue weighted by Crippen LogP contribution is 2.39. The molecule has 0 radical (unpaired) electrons. The van der Waals surface area contributed by atoms with Crippen LogP contribution in [0.3, 0.4) is 0 Å². The average molecular weight is 329 g/mol. The van der Waals surface area contributed by atoms with E-state index in [2.05, 4.69) is 0 Å². The van der Waals surface area contributed by atoms with Crippen molar-refractivity contribution in [1.29, 1.82) is 0 Å². The maximum absolute atomic E-state index is 11.0. The fraction of sp³-hybridized carbons (Fsp3) is 0. The van der Waals surface area contributed by atoms with Gasteiger partial charge in [-0.2, -0.15) is 0 Å². The first-order chi connectivity index (χ1) is 9.90. The predicted molar refractivity (Wildman–Crippen MR) is 76.3 cm³/mol. The third-order valence-electron chi connectivity index (χ3n) is 2.48. The first kappa shape index (κ1) is 15.0. The molecule has 0 fully saturated rings. The molecule has 108 valence electrons. The summed E-state index contributed by atoms with van der Waals surface area (Å²) in [6, 6.07) is 7.65. The van der Waals surface area contributed by atoms with Gasteiger partial charge in [0.15, 0.2) is 5.75 Å². The number of benzene rings is 2. The van der Waals surface area contributed by atoms with Crippen LogP contribution in [0.5, 0.6) is 11.5 Å². The van der Waals surface area contributed by atoms with Crippen LogP contribution < -0.4 is 4.74 Å². The minimum absolute atomic E-state index is 0.0729. The Labute approximate surface area is 128 Å². The maximum atomic E-state index is 11.0. The summed E-state index contributed by atoms with van der Waals surface area (Å²) in [7, 11) is 0. The van der Waals surface area contributed by atoms with Gasteiger partial charge in [-0.25, -0.2) is 0 Å². The Hall–Kier alpha value is -2.38. The number of nitro groups is 2. The van der Waals surface area contributed by atoms with Crippen molar-refractivity contribution in [1.82, 2.24) is 0 Å². The normalized spacial score (nSPS) is 10.2. The number of halogens is 2. The van der Waals surface area contributed by atoms with Crippen LogP contribution in [-0.2, 0) is 0 Å². The molecule has 0 heterocycles. The van der Waals surface area contributed by atoms with Crippen molar-refractivity contribution >= 4 is 34.6 Å². The highest BCUT2D eigenvalue weighted by atomic mass is 35.5. The monoisotopic (exact) mass is 328 g/mol. The highest BCUT2D eigenvalue weighted by molar-refractivity contribution is 6.33. The van der Waals surface area contributed by atoms with E-state index in [0.29, 0.717) is 0 Å². The van der Waals surface area contributed by atoms with Crippen molar-refractivity contribution < 1.29 is 14.6 Å². The number of nitrogens with zero attached hydrogens (tertiary/aromatic N) is 2. The highest BCUT2D eigenvalue weighted by Gasteiger charge is 2.22. The summed E-state index contributed by atoms with van der Waals surface area (Å²) in [6.07, 6.45) is 0. The number of ether oxygens (including phenoxy) is 1. The largest absolute Gasteiger partial charge is 0.448 e. The molecule has 2 rings (SSSR count). The Morgan fingerprint density at radius 1 is 0.905 bits per heavy atom. The van der Waals surface area contributed by atoms with Crippen LogP contribution in [0.1, 0.15) is 0 Å². The molecule has 2 aromatic rings. The minimum Gasteiger partial charge on any atom is -0.448 e. The zero-order chi connectivity index (χ0) is 15.6. The molecule has 0 atom stereocenters. The van der Waals surface area contributed by atoms with Gasteiger partial charge in [0.2, 0.25) is 5.75 Å². The molecular weight excluding hydrogens is 323 g/mol. The fourth-order valence-electron chi connectivity index (χ4n) is 1.56. The SMILES string of the molecule is O=[N+]([O-])c1ccc(Cl)c(Oc2cccc(Cl)c2[N+](=O)[O-])c1. The second-order valence-electron chi connectivity index (χ2n) is 3.82. The standard InChI is InChI=1S/C12H6Cl2N2O5/c13-8-5-4-7(15(17)18)6-11(8)21-10-3-1-2-9(14)12(10)16(19)20/h1-6H. The summed E-state index contributed by atoms with van der Waals surface area (Å²) in [6.45, 7) is 0. The molecule has 0 N–H and O–H groups in total. The molecule has 0 saturated carbocycles. The molecule has 0 aliphatic carbocycles. The molecule has 0 aromatic heterocycles. The first-order valence-corrected chi connectivity index (χ1v) is 6.20. The summed E-state index contributed by atoms with van der Waals surface area (Å²) in [4.78, 5) is 20.4. The van der Waals surface area contributed by atoms with Gasteiger partial charge >= 0.3 is 5.69 Å². The Morgan fingerprint density at radius 3 is 2.24 bits per heavy atom. The van der Waals surface area contributed by atoms with Gasteiger partial charge in [0.05, 0.1) is 20.9 Å². The Morgan fingerprint density at radius 2 is 1.62 bits per heavy atom. The predicted octanol–water partition coefficient (Wildman–Crippen LogP) is 4.60. The fourth-order valence-corrected chi connectivity index (χ4v) is 1.95. The molecule has 9 heteroatoms. The van der Waals surface area contributed by atoms with E-state index in [1.807, 2.05) is 0 Å². The second-order valence-corrected chi connectivity index (χ2v) is 4.63. The first-order valence-electron chi connectivity index (χ1n) is 5.45. The third-order valence-corrected chi connectivity index (χ3v) is 3.10. The van der Waals surface area contributed by atoms with Gasteiger partial charge in [-0.3, -0.25) is 20.2 Å². The number of para-hydroxylation sites is 1. The molecule has 0 saturated heterocycles. The summed E-state index contributed by atoms with van der Waals surface area (Å²) in [5.74, 6) is -0.230. The minimum atomic E-state index is -0.705. The molecule has 0 unspecified atom stereocenters. The van der Waals surface area contributed by atoms with Crippen molar-refractivity contribution in [3.63, 3.8) is 0 Å². The van der Waals surface area contributed by atoms with E-state index in [1.165, 1.54) is 30.3 Å². The molecule has 0 aliphatic heterocycles. The lowest BCUT2D eigenvalue weighted by molar-refractivity contribution is -0.385. The lowest BCUT2D eigenvalue weighted by atomic mass is 10.2. The zero-order valence-corrected chi connectivity index (χ0v) is 11.7. The lowest BCUT2D eigenvalue weighted by Crippen LogP contribution is -1.95. The number of hydrogen-bond acceptors (Lipinski definition) is 5. The van der Waals surface area contributed by atoms with Gasteiger partial charge in [0, 0.05) is 6.07 Å². The van der Waals surface area contributed by atoms with Crippen molar-refractivity contribution in [2.24, 2.45) is 0 Å². The van der Waals surface area contributed by atoms with E-state index in [0.717, 1.165) is 6.07 Å².